The van der Waals surface area contributed by atoms with Crippen LogP contribution in [-0.2, 0) is 4.79 Å². The molecule has 6 nitrogen and oxygen atoms in total. The monoisotopic (exact) mass is 342 g/mol. The molecule has 2 aromatic rings. The molecule has 0 unspecified atom stereocenters. The highest BCUT2D eigenvalue weighted by atomic mass is 32.2. The van der Waals surface area contributed by atoms with E-state index < -0.39 is 5.97 Å². The van der Waals surface area contributed by atoms with E-state index >= 15 is 0 Å². The number of hydrogen-bond donors (Lipinski definition) is 0. The van der Waals surface area contributed by atoms with Gasteiger partial charge >= 0.3 is 0 Å². The van der Waals surface area contributed by atoms with Gasteiger partial charge in [-0.15, -0.1) is 0 Å². The van der Waals surface area contributed by atoms with Crippen LogP contribution in [0, 0.1) is 6.92 Å². The Morgan fingerprint density at radius 2 is 2.00 bits per heavy atom. The van der Waals surface area contributed by atoms with Crippen LogP contribution in [0.1, 0.15) is 21.7 Å². The van der Waals surface area contributed by atoms with Crippen LogP contribution in [0.4, 0.5) is 4.79 Å². The number of likely N-dealkylation sites (N-methyl/N-ethyl adjacent to an activating group) is 1. The third-order valence-corrected chi connectivity index (χ3v) is 4.58. The number of carboxylic acids is 1. The van der Waals surface area contributed by atoms with Crippen LogP contribution >= 0.6 is 11.8 Å². The number of benzene rings is 1. The zero-order chi connectivity index (χ0) is 17.4. The summed E-state index contributed by atoms with van der Waals surface area (Å²) >= 11 is 0.856. The minimum atomic E-state index is -1.24. The predicted molar refractivity (Wildman–Crippen MR) is 86.9 cm³/mol. The summed E-state index contributed by atoms with van der Waals surface area (Å²) in [5.74, 6) is -0.621. The largest absolute Gasteiger partial charge is 0.545 e. The molecule has 24 heavy (non-hydrogen) atoms. The zero-order valence-electron chi connectivity index (χ0n) is 12.9. The third-order valence-electron chi connectivity index (χ3n) is 3.61. The lowest BCUT2D eigenvalue weighted by molar-refractivity contribution is -0.255. The number of amides is 2. The van der Waals surface area contributed by atoms with Crippen LogP contribution in [0.3, 0.4) is 0 Å². The van der Waals surface area contributed by atoms with E-state index in [2.05, 4.69) is 0 Å². The van der Waals surface area contributed by atoms with E-state index in [0.717, 1.165) is 27.8 Å². The molecule has 1 aliphatic heterocycles. The predicted octanol–water partition coefficient (Wildman–Crippen LogP) is 2.28. The first-order valence-electron chi connectivity index (χ1n) is 7.00. The Morgan fingerprint density at radius 3 is 2.58 bits per heavy atom. The summed E-state index contributed by atoms with van der Waals surface area (Å²) < 4.78 is 5.70. The summed E-state index contributed by atoms with van der Waals surface area (Å²) in [7, 11) is 1.42. The van der Waals surface area contributed by atoms with E-state index in [9.17, 15) is 19.5 Å². The summed E-state index contributed by atoms with van der Waals surface area (Å²) in [5.41, 5.74) is 1.56. The number of furan rings is 1. The van der Waals surface area contributed by atoms with Gasteiger partial charge in [-0.25, -0.2) is 0 Å². The number of aryl methyl sites for hydroxylation is 1. The van der Waals surface area contributed by atoms with Gasteiger partial charge in [-0.1, -0.05) is 12.1 Å². The first kappa shape index (κ1) is 16.1. The van der Waals surface area contributed by atoms with Crippen molar-refractivity contribution >= 4 is 35.0 Å². The second kappa shape index (κ2) is 6.01. The summed E-state index contributed by atoms with van der Waals surface area (Å²) in [6.45, 7) is 1.77. The molecule has 0 spiro atoms. The fourth-order valence-electron chi connectivity index (χ4n) is 2.32. The van der Waals surface area contributed by atoms with Crippen molar-refractivity contribution in [3.63, 3.8) is 0 Å². The van der Waals surface area contributed by atoms with Crippen molar-refractivity contribution in [1.29, 1.82) is 0 Å². The fourth-order valence-corrected chi connectivity index (χ4v) is 3.12. The smallest absolute Gasteiger partial charge is 0.293 e. The normalized spacial score (nSPS) is 16.2. The number of thioether (sulfide) groups is 1. The molecular formula is C17H12NO5S-. The minimum Gasteiger partial charge on any atom is -0.545 e. The summed E-state index contributed by atoms with van der Waals surface area (Å²) in [4.78, 5) is 35.6. The SMILES string of the molecule is Cc1cc(C(=O)[O-])ccc1-c1ccc(/C=C2\SC(=O)N(C)C2=O)o1. The van der Waals surface area contributed by atoms with Crippen LogP contribution in [0.2, 0.25) is 0 Å². The highest BCUT2D eigenvalue weighted by Crippen LogP contribution is 2.33. The van der Waals surface area contributed by atoms with E-state index in [4.69, 9.17) is 4.42 Å². The van der Waals surface area contributed by atoms with Crippen molar-refractivity contribution < 1.29 is 23.9 Å². The Balaban J connectivity index is 1.91. The molecule has 1 fully saturated rings. The van der Waals surface area contributed by atoms with Crippen LogP contribution in [-0.4, -0.2) is 29.1 Å². The molecule has 0 atom stereocenters. The van der Waals surface area contributed by atoms with Gasteiger partial charge in [0.05, 0.1) is 10.9 Å². The van der Waals surface area contributed by atoms with Crippen molar-refractivity contribution in [2.75, 3.05) is 7.05 Å². The molecule has 1 aliphatic rings. The molecule has 122 valence electrons. The Labute approximate surface area is 141 Å². The molecule has 2 heterocycles. The van der Waals surface area contributed by atoms with E-state index in [1.54, 1.807) is 25.1 Å². The van der Waals surface area contributed by atoms with Crippen LogP contribution in [0.25, 0.3) is 17.4 Å². The standard InChI is InChI=1S/C17H13NO5S/c1-9-7-10(16(20)21)3-5-12(9)13-6-4-11(23-13)8-14-15(19)18(2)17(22)24-14/h3-8H,1-2H3,(H,20,21)/p-1/b14-8-. The average molecular weight is 342 g/mol. The number of hydrogen-bond acceptors (Lipinski definition) is 6. The molecule has 0 aliphatic carbocycles. The number of carbonyl (C=O) groups excluding carboxylic acids is 3. The lowest BCUT2D eigenvalue weighted by Gasteiger charge is -2.07. The van der Waals surface area contributed by atoms with Gasteiger partial charge in [0.2, 0.25) is 0 Å². The molecule has 0 radical (unpaired) electrons. The van der Waals surface area contributed by atoms with Crippen LogP contribution in [0.15, 0.2) is 39.7 Å². The summed E-state index contributed by atoms with van der Waals surface area (Å²) in [6, 6.07) is 8.01. The number of imide groups is 1. The molecule has 7 heteroatoms. The minimum absolute atomic E-state index is 0.0969. The van der Waals surface area contributed by atoms with Gasteiger partial charge < -0.3 is 14.3 Å². The summed E-state index contributed by atoms with van der Waals surface area (Å²) in [6.07, 6.45) is 1.52. The lowest BCUT2D eigenvalue weighted by atomic mass is 10.0. The maximum atomic E-state index is 11.9. The van der Waals surface area contributed by atoms with E-state index in [0.29, 0.717) is 16.4 Å². The number of aromatic carboxylic acids is 1. The Morgan fingerprint density at radius 1 is 1.25 bits per heavy atom. The third kappa shape index (κ3) is 2.85. The Kier molecular flexibility index (Phi) is 4.02. The van der Waals surface area contributed by atoms with E-state index in [1.807, 2.05) is 0 Å². The summed E-state index contributed by atoms with van der Waals surface area (Å²) in [5, 5.41) is 10.5. The van der Waals surface area contributed by atoms with Crippen molar-refractivity contribution in [3.8, 4) is 11.3 Å². The first-order valence-corrected chi connectivity index (χ1v) is 7.82. The highest BCUT2D eigenvalue weighted by Gasteiger charge is 2.32. The molecular weight excluding hydrogens is 330 g/mol. The van der Waals surface area contributed by atoms with Gasteiger partial charge in [0.1, 0.15) is 11.5 Å². The van der Waals surface area contributed by atoms with Gasteiger partial charge in [0.15, 0.2) is 0 Å². The molecule has 0 bridgehead atoms. The van der Waals surface area contributed by atoms with Gasteiger partial charge in [-0.3, -0.25) is 14.5 Å². The van der Waals surface area contributed by atoms with Crippen LogP contribution in [0.5, 0.6) is 0 Å². The Bertz CT molecular complexity index is 896. The van der Waals surface area contributed by atoms with Crippen LogP contribution < -0.4 is 5.11 Å². The van der Waals surface area contributed by atoms with Crippen molar-refractivity contribution in [2.45, 2.75) is 6.92 Å². The number of carbonyl (C=O) groups is 3. The molecule has 3 rings (SSSR count). The second-order valence-electron chi connectivity index (χ2n) is 5.26. The lowest BCUT2D eigenvalue weighted by Crippen LogP contribution is -2.22. The number of carboxylic acid groups (broad SMARTS) is 1. The van der Waals surface area contributed by atoms with Crippen molar-refractivity contribution in [2.24, 2.45) is 0 Å². The quantitative estimate of drug-likeness (QED) is 0.795. The zero-order valence-corrected chi connectivity index (χ0v) is 13.7. The average Bonchev–Trinajstić information content (AvgIpc) is 3.08. The highest BCUT2D eigenvalue weighted by molar-refractivity contribution is 8.18. The van der Waals surface area contributed by atoms with E-state index in [-0.39, 0.29) is 16.7 Å². The van der Waals surface area contributed by atoms with Gasteiger partial charge in [-0.2, -0.15) is 0 Å². The fraction of sp³-hybridized carbons (Fsp3) is 0.118. The molecule has 1 aromatic heterocycles. The van der Waals surface area contributed by atoms with Gasteiger partial charge in [0.25, 0.3) is 11.1 Å². The van der Waals surface area contributed by atoms with Gasteiger partial charge in [-0.05, 0) is 48.0 Å². The second-order valence-corrected chi connectivity index (χ2v) is 6.25. The van der Waals surface area contributed by atoms with Crippen molar-refractivity contribution in [3.05, 3.63) is 52.1 Å². The first-order chi connectivity index (χ1) is 11.4. The Hall–Kier alpha value is -2.80. The molecule has 0 N–H and O–H groups in total. The molecule has 1 saturated heterocycles. The molecule has 1 aromatic carbocycles. The molecule has 2 amide bonds. The number of nitrogens with zero attached hydrogens (tertiary/aromatic N) is 1. The maximum Gasteiger partial charge on any atom is 0.293 e. The topological polar surface area (TPSA) is 90.6 Å². The number of rotatable bonds is 3. The molecule has 0 saturated carbocycles. The maximum absolute atomic E-state index is 11.9. The van der Waals surface area contributed by atoms with E-state index in [1.165, 1.54) is 25.3 Å². The van der Waals surface area contributed by atoms with Crippen molar-refractivity contribution in [1.82, 2.24) is 4.90 Å². The van der Waals surface area contributed by atoms with Gasteiger partial charge in [0, 0.05) is 18.7 Å².